The van der Waals surface area contributed by atoms with Crippen LogP contribution in [0.25, 0.3) is 0 Å². The maximum Gasteiger partial charge on any atom is 0.472 e. The number of unbranched alkanes of at least 4 members (excludes halogenated alkanes) is 20. The number of hydrogen-bond acceptors (Lipinski definition) is 8. The molecule has 0 aliphatic rings. The summed E-state index contributed by atoms with van der Waals surface area (Å²) >= 11 is 0. The molecule has 0 spiro atoms. The van der Waals surface area contributed by atoms with Gasteiger partial charge in [0.15, 0.2) is 6.10 Å². The van der Waals surface area contributed by atoms with Crippen LogP contribution in [-0.4, -0.2) is 49.3 Å². The predicted molar refractivity (Wildman–Crippen MR) is 284 cm³/mol. The summed E-state index contributed by atoms with van der Waals surface area (Å²) in [6.45, 7) is 3.56. The fraction of sp³-hybridized carbons (Fsp3) is 0.684. The van der Waals surface area contributed by atoms with Crippen LogP contribution in [-0.2, 0) is 32.7 Å². The van der Waals surface area contributed by atoms with E-state index in [4.69, 9.17) is 24.3 Å². The topological polar surface area (TPSA) is 134 Å². The average molecular weight is 956 g/mol. The molecule has 0 heterocycles. The molecule has 384 valence electrons. The Balaban J connectivity index is 4.10. The number of rotatable bonds is 49. The smallest absolute Gasteiger partial charge is 0.462 e. The van der Waals surface area contributed by atoms with Gasteiger partial charge in [-0.3, -0.25) is 18.6 Å². The van der Waals surface area contributed by atoms with Crippen molar-refractivity contribution in [1.82, 2.24) is 0 Å². The van der Waals surface area contributed by atoms with Gasteiger partial charge in [0.25, 0.3) is 0 Å². The zero-order chi connectivity index (χ0) is 48.8. The van der Waals surface area contributed by atoms with E-state index < -0.39 is 32.5 Å². The number of ether oxygens (including phenoxy) is 2. The fourth-order valence-electron chi connectivity index (χ4n) is 7.02. The van der Waals surface area contributed by atoms with Crippen LogP contribution < -0.4 is 5.73 Å². The Labute approximate surface area is 410 Å². The van der Waals surface area contributed by atoms with Gasteiger partial charge in [0.2, 0.25) is 0 Å². The Bertz CT molecular complexity index is 1410. The zero-order valence-corrected chi connectivity index (χ0v) is 43.5. The van der Waals surface area contributed by atoms with Gasteiger partial charge in [0, 0.05) is 19.4 Å². The van der Waals surface area contributed by atoms with Crippen molar-refractivity contribution in [2.24, 2.45) is 5.73 Å². The molecule has 0 aliphatic heterocycles. The lowest BCUT2D eigenvalue weighted by Crippen LogP contribution is -2.29. The van der Waals surface area contributed by atoms with Crippen molar-refractivity contribution in [3.8, 4) is 0 Å². The Kier molecular flexibility index (Phi) is 49.9. The second-order valence-corrected chi connectivity index (χ2v) is 18.8. The number of phosphoric ester groups is 1. The number of phosphoric acid groups is 1. The average Bonchev–Trinajstić information content (AvgIpc) is 3.32. The summed E-state index contributed by atoms with van der Waals surface area (Å²) in [4.78, 5) is 35.1. The third kappa shape index (κ3) is 52.2. The molecule has 9 nitrogen and oxygen atoms in total. The highest BCUT2D eigenvalue weighted by Crippen LogP contribution is 2.43. The summed E-state index contributed by atoms with van der Waals surface area (Å²) in [5.41, 5.74) is 5.37. The lowest BCUT2D eigenvalue weighted by molar-refractivity contribution is -0.161. The molecule has 67 heavy (non-hydrogen) atoms. The monoisotopic (exact) mass is 956 g/mol. The van der Waals surface area contributed by atoms with Gasteiger partial charge in [0.05, 0.1) is 13.2 Å². The number of allylic oxidation sites excluding steroid dienone is 16. The summed E-state index contributed by atoms with van der Waals surface area (Å²) in [5, 5.41) is 0. The van der Waals surface area contributed by atoms with Crippen molar-refractivity contribution in [3.63, 3.8) is 0 Å². The molecule has 0 aromatic carbocycles. The molecule has 0 saturated heterocycles. The van der Waals surface area contributed by atoms with E-state index in [1.165, 1.54) is 109 Å². The molecular formula is C57H98NO8P. The second-order valence-electron chi connectivity index (χ2n) is 17.4. The summed E-state index contributed by atoms with van der Waals surface area (Å²) in [6.07, 6.45) is 68.8. The number of nitrogens with two attached hydrogens (primary N) is 1. The molecule has 0 aromatic rings. The SMILES string of the molecule is CC/C=C\C/C=C\C/C=C\C/C=C\C/C=C\C/C=C\CCCCC(=O)OC(COC(=O)CCCCCCCCCCCCCCC/C=C\C/C=C\CCCCCCC)COP(=O)(O)OCCN. The van der Waals surface area contributed by atoms with Crippen LogP contribution in [0.4, 0.5) is 0 Å². The molecule has 0 amide bonds. The normalized spacial score (nSPS) is 13.9. The van der Waals surface area contributed by atoms with Crippen LogP contribution in [0.15, 0.2) is 97.2 Å². The van der Waals surface area contributed by atoms with E-state index in [1.54, 1.807) is 0 Å². The van der Waals surface area contributed by atoms with E-state index in [9.17, 15) is 19.0 Å². The van der Waals surface area contributed by atoms with E-state index in [0.29, 0.717) is 6.42 Å². The third-order valence-corrected chi connectivity index (χ3v) is 11.9. The fourth-order valence-corrected chi connectivity index (χ4v) is 7.79. The van der Waals surface area contributed by atoms with E-state index >= 15 is 0 Å². The zero-order valence-electron chi connectivity index (χ0n) is 42.6. The van der Waals surface area contributed by atoms with Gasteiger partial charge in [-0.05, 0) is 96.3 Å². The van der Waals surface area contributed by atoms with Gasteiger partial charge in [-0.25, -0.2) is 4.57 Å². The summed E-state index contributed by atoms with van der Waals surface area (Å²) < 4.78 is 32.9. The summed E-state index contributed by atoms with van der Waals surface area (Å²) in [7, 11) is -4.40. The van der Waals surface area contributed by atoms with Gasteiger partial charge >= 0.3 is 19.8 Å². The first kappa shape index (κ1) is 63.9. The van der Waals surface area contributed by atoms with Crippen LogP contribution in [0.1, 0.15) is 219 Å². The Morgan fingerprint density at radius 3 is 1.25 bits per heavy atom. The standard InChI is InChI=1S/C57H98NO8P/c1-3-5-7-9-11-13-15-17-19-21-23-25-26-27-28-30-31-33-35-37-39-41-43-45-47-49-56(59)63-53-55(54-65-67(61,62)64-52-51-58)66-57(60)50-48-46-44-42-40-38-36-34-32-29-24-22-20-18-16-14-12-10-8-6-4-2/h6,8,12,14-15,17-18,20-21,23-24,29,34,36,40,42,55H,3-5,7,9-11,13,16,19,22,25-28,30-33,35,37-39,41,43-54,58H2,1-2H3,(H,61,62)/b8-6-,14-12-,17-15-,20-18-,23-21-,29-24-,36-34-,42-40-. The van der Waals surface area contributed by atoms with Crippen molar-refractivity contribution in [3.05, 3.63) is 97.2 Å². The van der Waals surface area contributed by atoms with Gasteiger partial charge < -0.3 is 20.1 Å². The maximum atomic E-state index is 12.6. The molecule has 2 atom stereocenters. The lowest BCUT2D eigenvalue weighted by Gasteiger charge is -2.19. The minimum Gasteiger partial charge on any atom is -0.462 e. The first-order chi connectivity index (χ1) is 32.8. The molecule has 0 fully saturated rings. The minimum absolute atomic E-state index is 0.0412. The summed E-state index contributed by atoms with van der Waals surface area (Å²) in [5.74, 6) is -0.883. The van der Waals surface area contributed by atoms with Crippen molar-refractivity contribution in [1.29, 1.82) is 0 Å². The Hall–Kier alpha value is -3.07. The molecule has 3 N–H and O–H groups in total. The molecule has 2 unspecified atom stereocenters. The molecule has 10 heteroatoms. The molecule has 0 aromatic heterocycles. The maximum absolute atomic E-state index is 12.6. The highest BCUT2D eigenvalue weighted by Gasteiger charge is 2.26. The van der Waals surface area contributed by atoms with E-state index in [1.807, 2.05) is 0 Å². The van der Waals surface area contributed by atoms with Gasteiger partial charge in [-0.2, -0.15) is 0 Å². The highest BCUT2D eigenvalue weighted by molar-refractivity contribution is 7.47. The molecule has 0 rings (SSSR count). The molecule has 0 radical (unpaired) electrons. The Morgan fingerprint density at radius 1 is 0.463 bits per heavy atom. The second kappa shape index (κ2) is 52.3. The van der Waals surface area contributed by atoms with Crippen LogP contribution in [0.5, 0.6) is 0 Å². The first-order valence-electron chi connectivity index (χ1n) is 26.7. The van der Waals surface area contributed by atoms with E-state index in [-0.39, 0.29) is 32.6 Å². The van der Waals surface area contributed by atoms with E-state index in [2.05, 4.69) is 111 Å². The first-order valence-corrected chi connectivity index (χ1v) is 28.2. The summed E-state index contributed by atoms with van der Waals surface area (Å²) in [6, 6.07) is 0. The van der Waals surface area contributed by atoms with Crippen LogP contribution >= 0.6 is 7.82 Å². The molecular weight excluding hydrogens is 858 g/mol. The van der Waals surface area contributed by atoms with Gasteiger partial charge in [-0.15, -0.1) is 0 Å². The van der Waals surface area contributed by atoms with E-state index in [0.717, 1.165) is 77.0 Å². The van der Waals surface area contributed by atoms with Crippen molar-refractivity contribution >= 4 is 19.8 Å². The van der Waals surface area contributed by atoms with Crippen LogP contribution in [0.2, 0.25) is 0 Å². The molecule has 0 aliphatic carbocycles. The number of hydrogen-bond donors (Lipinski definition) is 2. The van der Waals surface area contributed by atoms with Gasteiger partial charge in [-0.1, -0.05) is 207 Å². The minimum atomic E-state index is -4.40. The van der Waals surface area contributed by atoms with Gasteiger partial charge in [0.1, 0.15) is 6.61 Å². The quantitative estimate of drug-likeness (QED) is 0.0264. The van der Waals surface area contributed by atoms with Crippen LogP contribution in [0, 0.1) is 0 Å². The van der Waals surface area contributed by atoms with Crippen molar-refractivity contribution < 1.29 is 37.6 Å². The molecule has 0 bridgehead atoms. The number of carbonyl (C=O) groups excluding carboxylic acids is 2. The number of carbonyl (C=O) groups is 2. The number of esters is 2. The molecule has 0 saturated carbocycles. The largest absolute Gasteiger partial charge is 0.472 e. The lowest BCUT2D eigenvalue weighted by atomic mass is 10.0. The Morgan fingerprint density at radius 2 is 0.821 bits per heavy atom. The van der Waals surface area contributed by atoms with Crippen LogP contribution in [0.3, 0.4) is 0 Å². The highest BCUT2D eigenvalue weighted by atomic mass is 31.2. The van der Waals surface area contributed by atoms with Crippen molar-refractivity contribution in [2.75, 3.05) is 26.4 Å². The third-order valence-electron chi connectivity index (χ3n) is 11.0. The van der Waals surface area contributed by atoms with Crippen molar-refractivity contribution in [2.45, 2.75) is 225 Å². The predicted octanol–water partition coefficient (Wildman–Crippen LogP) is 16.5.